The normalized spacial score (nSPS) is 22.7. The molecule has 3 heterocycles. The zero-order chi connectivity index (χ0) is 29.2. The summed E-state index contributed by atoms with van der Waals surface area (Å²) < 4.78 is 34.4. The van der Waals surface area contributed by atoms with Crippen molar-refractivity contribution in [3.63, 3.8) is 0 Å². The lowest BCUT2D eigenvalue weighted by molar-refractivity contribution is -0.136. The van der Waals surface area contributed by atoms with E-state index in [1.54, 1.807) is 12.1 Å². The summed E-state index contributed by atoms with van der Waals surface area (Å²) in [5.74, 6) is -1.59. The molecule has 10 heteroatoms. The fourth-order valence-corrected chi connectivity index (χ4v) is 6.01. The predicted molar refractivity (Wildman–Crippen MR) is 150 cm³/mol. The number of carbonyl (C=O) groups is 3. The Balaban J connectivity index is 1.18. The summed E-state index contributed by atoms with van der Waals surface area (Å²) in [6.07, 6.45) is 0.969. The average molecular weight is 575 g/mol. The van der Waals surface area contributed by atoms with Crippen LogP contribution < -0.4 is 15.4 Å². The van der Waals surface area contributed by atoms with Crippen LogP contribution in [0.2, 0.25) is 0 Å². The molecule has 0 aromatic heterocycles. The van der Waals surface area contributed by atoms with E-state index in [0.29, 0.717) is 49.5 Å². The molecule has 218 valence electrons. The van der Waals surface area contributed by atoms with Crippen LogP contribution in [0.3, 0.4) is 0 Å². The van der Waals surface area contributed by atoms with Gasteiger partial charge in [0.1, 0.15) is 29.5 Å². The second-order valence-electron chi connectivity index (χ2n) is 11.1. The number of imide groups is 1. The molecule has 2 fully saturated rings. The molecule has 1 unspecified atom stereocenters. The van der Waals surface area contributed by atoms with Crippen molar-refractivity contribution in [2.75, 3.05) is 13.1 Å². The van der Waals surface area contributed by atoms with E-state index in [1.807, 2.05) is 24.3 Å². The van der Waals surface area contributed by atoms with Crippen molar-refractivity contribution in [3.8, 4) is 5.75 Å². The van der Waals surface area contributed by atoms with Gasteiger partial charge in [0.15, 0.2) is 0 Å². The van der Waals surface area contributed by atoms with E-state index in [4.69, 9.17) is 4.74 Å². The van der Waals surface area contributed by atoms with Crippen molar-refractivity contribution in [3.05, 3.63) is 101 Å². The van der Waals surface area contributed by atoms with Gasteiger partial charge in [-0.05, 0) is 48.2 Å². The SMILES string of the molecule is O=C1CCC(N2Cc3cc(O[C@@H]4CN(Cc5ccc(F)cc5F)CC[C@H]4NCc4ccccc4)ccc3C2=O)C(=O)N1. The van der Waals surface area contributed by atoms with Gasteiger partial charge in [-0.3, -0.25) is 24.6 Å². The number of halogens is 2. The van der Waals surface area contributed by atoms with Gasteiger partial charge in [0.05, 0.1) is 0 Å². The number of nitrogens with zero attached hydrogens (tertiary/aromatic N) is 2. The van der Waals surface area contributed by atoms with Crippen LogP contribution in [0.4, 0.5) is 8.78 Å². The Morgan fingerprint density at radius 1 is 0.976 bits per heavy atom. The molecular weight excluding hydrogens is 542 g/mol. The minimum atomic E-state index is -0.683. The molecular formula is C32H32F2N4O4. The molecule has 2 saturated heterocycles. The fraction of sp³-hybridized carbons (Fsp3) is 0.344. The number of piperidine rings is 2. The van der Waals surface area contributed by atoms with E-state index < -0.39 is 23.6 Å². The number of hydrogen-bond donors (Lipinski definition) is 2. The minimum absolute atomic E-state index is 0.00868. The molecule has 6 rings (SSSR count). The molecule has 3 aromatic carbocycles. The number of fused-ring (bicyclic) bond motifs is 1. The third kappa shape index (κ3) is 6.05. The second kappa shape index (κ2) is 12.0. The van der Waals surface area contributed by atoms with Gasteiger partial charge in [0.25, 0.3) is 5.91 Å². The van der Waals surface area contributed by atoms with Crippen LogP contribution in [0.15, 0.2) is 66.7 Å². The Labute approximate surface area is 242 Å². The van der Waals surface area contributed by atoms with Crippen molar-refractivity contribution in [1.82, 2.24) is 20.4 Å². The van der Waals surface area contributed by atoms with Crippen molar-refractivity contribution < 1.29 is 27.9 Å². The molecule has 0 radical (unpaired) electrons. The van der Waals surface area contributed by atoms with Crippen molar-refractivity contribution in [2.45, 2.75) is 57.1 Å². The highest BCUT2D eigenvalue weighted by Crippen LogP contribution is 2.31. The molecule has 3 aliphatic rings. The molecule has 3 amide bonds. The summed E-state index contributed by atoms with van der Waals surface area (Å²) >= 11 is 0. The Kier molecular flexibility index (Phi) is 7.99. The number of ether oxygens (including phenoxy) is 1. The quantitative estimate of drug-likeness (QED) is 0.400. The number of likely N-dealkylation sites (tertiary alicyclic amines) is 1. The van der Waals surface area contributed by atoms with Gasteiger partial charge in [-0.15, -0.1) is 0 Å². The first-order valence-corrected chi connectivity index (χ1v) is 14.2. The lowest BCUT2D eigenvalue weighted by Gasteiger charge is -2.39. The van der Waals surface area contributed by atoms with Gasteiger partial charge >= 0.3 is 0 Å². The Hall–Kier alpha value is -4.15. The molecule has 0 spiro atoms. The van der Waals surface area contributed by atoms with Crippen molar-refractivity contribution >= 4 is 17.7 Å². The first-order chi connectivity index (χ1) is 20.3. The number of benzene rings is 3. The largest absolute Gasteiger partial charge is 0.487 e. The predicted octanol–water partition coefficient (Wildman–Crippen LogP) is 3.54. The highest BCUT2D eigenvalue weighted by Gasteiger charge is 2.39. The van der Waals surface area contributed by atoms with Gasteiger partial charge in [-0.2, -0.15) is 0 Å². The van der Waals surface area contributed by atoms with E-state index in [2.05, 4.69) is 27.7 Å². The summed E-state index contributed by atoms with van der Waals surface area (Å²) in [5, 5.41) is 5.95. The lowest BCUT2D eigenvalue weighted by atomic mass is 10.00. The van der Waals surface area contributed by atoms with Crippen molar-refractivity contribution in [2.24, 2.45) is 0 Å². The first-order valence-electron chi connectivity index (χ1n) is 14.2. The van der Waals surface area contributed by atoms with Crippen LogP contribution in [0.25, 0.3) is 0 Å². The molecule has 0 aliphatic carbocycles. The van der Waals surface area contributed by atoms with Crippen LogP contribution in [-0.4, -0.2) is 58.8 Å². The third-order valence-electron chi connectivity index (χ3n) is 8.25. The van der Waals surface area contributed by atoms with E-state index in [9.17, 15) is 23.2 Å². The monoisotopic (exact) mass is 574 g/mol. The summed E-state index contributed by atoms with van der Waals surface area (Å²) in [5.41, 5.74) is 2.85. The maximum atomic E-state index is 14.4. The number of amides is 3. The summed E-state index contributed by atoms with van der Waals surface area (Å²) in [7, 11) is 0. The van der Waals surface area contributed by atoms with Gasteiger partial charge in [-0.25, -0.2) is 8.78 Å². The van der Waals surface area contributed by atoms with E-state index in [1.165, 1.54) is 17.0 Å². The van der Waals surface area contributed by atoms with E-state index in [-0.39, 0.29) is 36.9 Å². The number of carbonyl (C=O) groups excluding carboxylic acids is 3. The van der Waals surface area contributed by atoms with E-state index >= 15 is 0 Å². The maximum absolute atomic E-state index is 14.4. The summed E-state index contributed by atoms with van der Waals surface area (Å²) in [6, 6.07) is 18.4. The highest BCUT2D eigenvalue weighted by atomic mass is 19.1. The van der Waals surface area contributed by atoms with Gasteiger partial charge in [-0.1, -0.05) is 36.4 Å². The topological polar surface area (TPSA) is 91.0 Å². The number of hydrogen-bond acceptors (Lipinski definition) is 6. The molecule has 3 aromatic rings. The van der Waals surface area contributed by atoms with Crippen molar-refractivity contribution in [1.29, 1.82) is 0 Å². The zero-order valence-electron chi connectivity index (χ0n) is 23.0. The summed E-state index contributed by atoms with van der Waals surface area (Å²) in [6.45, 7) is 2.48. The zero-order valence-corrected chi connectivity index (χ0v) is 23.0. The van der Waals surface area contributed by atoms with Crippen LogP contribution in [0, 0.1) is 11.6 Å². The maximum Gasteiger partial charge on any atom is 0.255 e. The molecule has 8 nitrogen and oxygen atoms in total. The number of rotatable bonds is 8. The minimum Gasteiger partial charge on any atom is -0.487 e. The number of nitrogens with one attached hydrogen (secondary N) is 2. The molecule has 3 aliphatic heterocycles. The standard InChI is InChI=1S/C32H32F2N4O4/c33-23-7-6-21(26(34)15-23)17-37-13-12-27(35-16-20-4-2-1-3-5-20)29(19-37)42-24-8-9-25-22(14-24)18-38(32(25)41)28-10-11-30(39)36-31(28)40/h1-9,14-15,27-29,35H,10-13,16-19H2,(H,36,39,40)/t27-,28?,29-/m1/s1. The molecule has 0 bridgehead atoms. The molecule has 0 saturated carbocycles. The highest BCUT2D eigenvalue weighted by molar-refractivity contribution is 6.05. The first kappa shape index (κ1) is 28.0. The fourth-order valence-electron chi connectivity index (χ4n) is 6.01. The van der Waals surface area contributed by atoms with Gasteiger partial charge in [0.2, 0.25) is 11.8 Å². The van der Waals surface area contributed by atoms with Crippen LogP contribution >= 0.6 is 0 Å². The second-order valence-corrected chi connectivity index (χ2v) is 11.1. The molecule has 3 atom stereocenters. The Morgan fingerprint density at radius 2 is 1.81 bits per heavy atom. The van der Waals surface area contributed by atoms with Gasteiger partial charge < -0.3 is 15.0 Å². The van der Waals surface area contributed by atoms with Gasteiger partial charge in [0, 0.05) is 62.4 Å². The smallest absolute Gasteiger partial charge is 0.255 e. The Bertz CT molecular complexity index is 1500. The third-order valence-corrected chi connectivity index (χ3v) is 8.25. The van der Waals surface area contributed by atoms with Crippen LogP contribution in [0.5, 0.6) is 5.75 Å². The van der Waals surface area contributed by atoms with E-state index in [0.717, 1.165) is 23.6 Å². The van der Waals surface area contributed by atoms with Crippen LogP contribution in [-0.2, 0) is 29.2 Å². The molecule has 2 N–H and O–H groups in total. The molecule has 42 heavy (non-hydrogen) atoms. The van der Waals surface area contributed by atoms with Crippen LogP contribution in [0.1, 0.15) is 46.3 Å². The lowest BCUT2D eigenvalue weighted by Crippen LogP contribution is -2.54. The summed E-state index contributed by atoms with van der Waals surface area (Å²) in [4.78, 5) is 40.7. The average Bonchev–Trinajstić information content (AvgIpc) is 3.29. The Morgan fingerprint density at radius 3 is 2.60 bits per heavy atom.